The highest BCUT2D eigenvalue weighted by molar-refractivity contribution is 5.80. The lowest BCUT2D eigenvalue weighted by Gasteiger charge is -2.30. The second-order valence-corrected chi connectivity index (χ2v) is 5.52. The molecule has 1 saturated heterocycles. The second kappa shape index (κ2) is 6.07. The largest absolute Gasteiger partial charge is 0.356 e. The smallest absolute Gasteiger partial charge is 0.314 e. The SMILES string of the molecule is NC(=O)N1CCC[C@H](C(=O)NCC2CCCC2)C1. The van der Waals surface area contributed by atoms with Crippen LogP contribution in [0.2, 0.25) is 0 Å². The summed E-state index contributed by atoms with van der Waals surface area (Å²) < 4.78 is 0. The first-order valence-electron chi connectivity index (χ1n) is 6.99. The number of primary amides is 1. The highest BCUT2D eigenvalue weighted by Crippen LogP contribution is 2.24. The Balaban J connectivity index is 1.75. The third-order valence-corrected chi connectivity index (χ3v) is 4.14. The Morgan fingerprint density at radius 2 is 1.89 bits per heavy atom. The Morgan fingerprint density at radius 1 is 1.17 bits per heavy atom. The molecule has 1 aliphatic carbocycles. The molecule has 1 saturated carbocycles. The number of hydrogen-bond donors (Lipinski definition) is 2. The van der Waals surface area contributed by atoms with Crippen molar-refractivity contribution in [1.29, 1.82) is 0 Å². The van der Waals surface area contributed by atoms with Gasteiger partial charge in [-0.15, -0.1) is 0 Å². The third-order valence-electron chi connectivity index (χ3n) is 4.14. The zero-order chi connectivity index (χ0) is 13.0. The maximum Gasteiger partial charge on any atom is 0.314 e. The van der Waals surface area contributed by atoms with Crippen molar-refractivity contribution in [2.24, 2.45) is 17.6 Å². The molecule has 0 radical (unpaired) electrons. The lowest BCUT2D eigenvalue weighted by atomic mass is 9.97. The molecule has 3 N–H and O–H groups in total. The molecule has 2 fully saturated rings. The number of nitrogens with one attached hydrogen (secondary N) is 1. The summed E-state index contributed by atoms with van der Waals surface area (Å²) in [6.45, 7) is 1.96. The summed E-state index contributed by atoms with van der Waals surface area (Å²) in [5.41, 5.74) is 5.26. The van der Waals surface area contributed by atoms with Gasteiger partial charge in [0, 0.05) is 19.6 Å². The number of nitrogens with two attached hydrogens (primary N) is 1. The van der Waals surface area contributed by atoms with Crippen molar-refractivity contribution in [3.8, 4) is 0 Å². The van der Waals surface area contributed by atoms with E-state index < -0.39 is 6.03 Å². The summed E-state index contributed by atoms with van der Waals surface area (Å²) >= 11 is 0. The molecule has 2 aliphatic rings. The monoisotopic (exact) mass is 253 g/mol. The van der Waals surface area contributed by atoms with Crippen LogP contribution in [-0.2, 0) is 4.79 Å². The maximum atomic E-state index is 12.0. The minimum atomic E-state index is -0.414. The van der Waals surface area contributed by atoms with Crippen LogP contribution in [0.25, 0.3) is 0 Å². The molecule has 2 rings (SSSR count). The number of amides is 3. The van der Waals surface area contributed by atoms with Crippen LogP contribution < -0.4 is 11.1 Å². The van der Waals surface area contributed by atoms with Gasteiger partial charge in [-0.3, -0.25) is 4.79 Å². The van der Waals surface area contributed by atoms with Crippen molar-refractivity contribution in [2.75, 3.05) is 19.6 Å². The van der Waals surface area contributed by atoms with Gasteiger partial charge in [0.2, 0.25) is 5.91 Å². The first kappa shape index (κ1) is 13.2. The lowest BCUT2D eigenvalue weighted by molar-refractivity contribution is -0.126. The van der Waals surface area contributed by atoms with Gasteiger partial charge in [0.25, 0.3) is 0 Å². The molecule has 5 nitrogen and oxygen atoms in total. The van der Waals surface area contributed by atoms with E-state index in [4.69, 9.17) is 5.73 Å². The molecule has 0 unspecified atom stereocenters. The summed E-state index contributed by atoms with van der Waals surface area (Å²) in [5, 5.41) is 3.04. The van der Waals surface area contributed by atoms with E-state index in [1.165, 1.54) is 25.7 Å². The molecule has 1 aliphatic heterocycles. The molecule has 0 spiro atoms. The summed E-state index contributed by atoms with van der Waals surface area (Å²) in [4.78, 5) is 24.7. The predicted molar refractivity (Wildman–Crippen MR) is 68.8 cm³/mol. The van der Waals surface area contributed by atoms with E-state index in [0.717, 1.165) is 19.4 Å². The van der Waals surface area contributed by atoms with Gasteiger partial charge in [0.1, 0.15) is 0 Å². The number of rotatable bonds is 3. The van der Waals surface area contributed by atoms with Crippen LogP contribution in [0.15, 0.2) is 0 Å². The Bertz CT molecular complexity index is 313. The first-order chi connectivity index (χ1) is 8.66. The van der Waals surface area contributed by atoms with Gasteiger partial charge in [0.05, 0.1) is 5.92 Å². The fourth-order valence-electron chi connectivity index (χ4n) is 3.00. The number of carbonyl (C=O) groups is 2. The Kier molecular flexibility index (Phi) is 4.44. The maximum absolute atomic E-state index is 12.0. The highest BCUT2D eigenvalue weighted by atomic mass is 16.2. The zero-order valence-corrected chi connectivity index (χ0v) is 10.9. The lowest BCUT2D eigenvalue weighted by Crippen LogP contribution is -2.47. The van der Waals surface area contributed by atoms with E-state index in [9.17, 15) is 9.59 Å². The molecule has 0 bridgehead atoms. The van der Waals surface area contributed by atoms with E-state index in [2.05, 4.69) is 5.32 Å². The van der Waals surface area contributed by atoms with Crippen LogP contribution >= 0.6 is 0 Å². The fourth-order valence-corrected chi connectivity index (χ4v) is 3.00. The Morgan fingerprint density at radius 3 is 2.56 bits per heavy atom. The van der Waals surface area contributed by atoms with Gasteiger partial charge >= 0.3 is 6.03 Å². The van der Waals surface area contributed by atoms with Crippen LogP contribution in [-0.4, -0.2) is 36.5 Å². The van der Waals surface area contributed by atoms with Crippen LogP contribution in [0.3, 0.4) is 0 Å². The van der Waals surface area contributed by atoms with Crippen LogP contribution in [0.1, 0.15) is 38.5 Å². The van der Waals surface area contributed by atoms with Crippen molar-refractivity contribution in [1.82, 2.24) is 10.2 Å². The van der Waals surface area contributed by atoms with Crippen molar-refractivity contribution < 1.29 is 9.59 Å². The average molecular weight is 253 g/mol. The fraction of sp³-hybridized carbons (Fsp3) is 0.846. The molecule has 3 amide bonds. The summed E-state index contributed by atoms with van der Waals surface area (Å²) in [6.07, 6.45) is 6.78. The van der Waals surface area contributed by atoms with Crippen LogP contribution in [0, 0.1) is 11.8 Å². The number of likely N-dealkylation sites (tertiary alicyclic amines) is 1. The molecule has 18 heavy (non-hydrogen) atoms. The van der Waals surface area contributed by atoms with Gasteiger partial charge < -0.3 is 16.0 Å². The van der Waals surface area contributed by atoms with Crippen molar-refractivity contribution >= 4 is 11.9 Å². The van der Waals surface area contributed by atoms with E-state index >= 15 is 0 Å². The van der Waals surface area contributed by atoms with Crippen molar-refractivity contribution in [2.45, 2.75) is 38.5 Å². The molecule has 102 valence electrons. The number of urea groups is 1. The number of piperidine rings is 1. The molecule has 1 heterocycles. The van der Waals surface area contributed by atoms with Crippen LogP contribution in [0.5, 0.6) is 0 Å². The second-order valence-electron chi connectivity index (χ2n) is 5.52. The van der Waals surface area contributed by atoms with Gasteiger partial charge in [-0.05, 0) is 31.6 Å². The van der Waals surface area contributed by atoms with Gasteiger partial charge in [-0.25, -0.2) is 4.79 Å². The van der Waals surface area contributed by atoms with Gasteiger partial charge in [0.15, 0.2) is 0 Å². The molecule has 0 aromatic rings. The van der Waals surface area contributed by atoms with Gasteiger partial charge in [-0.1, -0.05) is 12.8 Å². The quantitative estimate of drug-likeness (QED) is 0.789. The van der Waals surface area contributed by atoms with E-state index in [-0.39, 0.29) is 11.8 Å². The average Bonchev–Trinajstić information content (AvgIpc) is 2.89. The minimum Gasteiger partial charge on any atom is -0.356 e. The standard InChI is InChI=1S/C13H23N3O2/c14-13(18)16-7-3-6-11(9-16)12(17)15-8-10-4-1-2-5-10/h10-11H,1-9H2,(H2,14,18)(H,15,17)/t11-/m0/s1. The zero-order valence-electron chi connectivity index (χ0n) is 10.9. The normalized spacial score (nSPS) is 25.1. The van der Waals surface area contributed by atoms with Crippen molar-refractivity contribution in [3.05, 3.63) is 0 Å². The third kappa shape index (κ3) is 3.37. The summed E-state index contributed by atoms with van der Waals surface area (Å²) in [6, 6.07) is -0.414. The number of nitrogens with zero attached hydrogens (tertiary/aromatic N) is 1. The minimum absolute atomic E-state index is 0.0762. The first-order valence-corrected chi connectivity index (χ1v) is 6.99. The summed E-state index contributed by atoms with van der Waals surface area (Å²) in [5.74, 6) is 0.672. The van der Waals surface area contributed by atoms with E-state index in [1.54, 1.807) is 4.90 Å². The van der Waals surface area contributed by atoms with Crippen molar-refractivity contribution in [3.63, 3.8) is 0 Å². The highest BCUT2D eigenvalue weighted by Gasteiger charge is 2.27. The molecule has 5 heteroatoms. The molecular weight excluding hydrogens is 230 g/mol. The molecular formula is C13H23N3O2. The molecule has 1 atom stereocenters. The number of hydrogen-bond acceptors (Lipinski definition) is 2. The Labute approximate surface area is 108 Å². The Hall–Kier alpha value is -1.26. The van der Waals surface area contributed by atoms with Crippen LogP contribution in [0.4, 0.5) is 4.79 Å². The molecule has 0 aromatic heterocycles. The topological polar surface area (TPSA) is 75.4 Å². The number of carbonyl (C=O) groups excluding carboxylic acids is 2. The van der Waals surface area contributed by atoms with E-state index in [1.807, 2.05) is 0 Å². The molecule has 0 aromatic carbocycles. The van der Waals surface area contributed by atoms with E-state index in [0.29, 0.717) is 19.0 Å². The predicted octanol–water partition coefficient (Wildman–Crippen LogP) is 1.08. The van der Waals surface area contributed by atoms with Gasteiger partial charge in [-0.2, -0.15) is 0 Å². The summed E-state index contributed by atoms with van der Waals surface area (Å²) in [7, 11) is 0.